The summed E-state index contributed by atoms with van der Waals surface area (Å²) in [6.45, 7) is 0. The lowest BCUT2D eigenvalue weighted by atomic mass is 10.0. The first-order chi connectivity index (χ1) is 9.99. The minimum absolute atomic E-state index is 0.283. The highest BCUT2D eigenvalue weighted by molar-refractivity contribution is 14.1. The molecule has 0 aromatic heterocycles. The van der Waals surface area contributed by atoms with Gasteiger partial charge in [0.05, 0.1) is 19.6 Å². The molecule has 0 aliphatic heterocycles. The van der Waals surface area contributed by atoms with Crippen molar-refractivity contribution in [3.8, 4) is 11.5 Å². The second kappa shape index (κ2) is 7.15. The Bertz CT molecular complexity index is 666. The third-order valence-electron chi connectivity index (χ3n) is 3.02. The first-order valence-corrected chi connectivity index (χ1v) is 8.29. The molecule has 2 aromatic carbocycles. The van der Waals surface area contributed by atoms with Crippen LogP contribution in [0.3, 0.4) is 0 Å². The van der Waals surface area contributed by atoms with Gasteiger partial charge >= 0.3 is 0 Å². The molecule has 0 radical (unpaired) electrons. The van der Waals surface area contributed by atoms with Crippen LogP contribution in [0.4, 0.5) is 4.39 Å². The van der Waals surface area contributed by atoms with Gasteiger partial charge in [-0.3, -0.25) is 0 Å². The van der Waals surface area contributed by atoms with Gasteiger partial charge in [0.1, 0.15) is 21.8 Å². The minimum atomic E-state index is -0.449. The Labute approximate surface area is 149 Å². The molecule has 0 spiro atoms. The van der Waals surface area contributed by atoms with E-state index in [1.165, 1.54) is 12.1 Å². The molecule has 1 atom stereocenters. The third kappa shape index (κ3) is 3.46. The van der Waals surface area contributed by atoms with Gasteiger partial charge in [0.25, 0.3) is 0 Å². The molecule has 0 bridgehead atoms. The molecule has 6 heteroatoms. The van der Waals surface area contributed by atoms with Crippen molar-refractivity contribution in [2.75, 3.05) is 14.2 Å². The van der Waals surface area contributed by atoms with Crippen LogP contribution < -0.4 is 9.47 Å². The van der Waals surface area contributed by atoms with E-state index in [0.29, 0.717) is 16.0 Å². The highest BCUT2D eigenvalue weighted by Crippen LogP contribution is 2.44. The summed E-state index contributed by atoms with van der Waals surface area (Å²) < 4.78 is 25.4. The van der Waals surface area contributed by atoms with Crippen LogP contribution in [0.15, 0.2) is 34.8 Å². The summed E-state index contributed by atoms with van der Waals surface area (Å²) in [5.41, 5.74) is 1.62. The molecule has 2 rings (SSSR count). The predicted molar refractivity (Wildman–Crippen MR) is 94.1 cm³/mol. The van der Waals surface area contributed by atoms with E-state index >= 15 is 0 Å². The van der Waals surface area contributed by atoms with Crippen LogP contribution in [0.5, 0.6) is 11.5 Å². The van der Waals surface area contributed by atoms with Crippen molar-refractivity contribution in [2.45, 2.75) is 5.38 Å². The minimum Gasteiger partial charge on any atom is -0.495 e. The average Bonchev–Trinajstić information content (AvgIpc) is 2.46. The molecule has 0 heterocycles. The lowest BCUT2D eigenvalue weighted by molar-refractivity contribution is 0.386. The first kappa shape index (κ1) is 16.8. The van der Waals surface area contributed by atoms with E-state index in [9.17, 15) is 4.39 Å². The molecule has 0 aliphatic carbocycles. The predicted octanol–water partition coefficient (Wildman–Crippen LogP) is 5.54. The molecule has 0 saturated carbocycles. The molecular formula is C15H12BrClFIO2. The summed E-state index contributed by atoms with van der Waals surface area (Å²) in [7, 11) is 3.16. The topological polar surface area (TPSA) is 18.5 Å². The quantitative estimate of drug-likeness (QED) is 0.418. The van der Waals surface area contributed by atoms with Crippen LogP contribution in [0.2, 0.25) is 0 Å². The van der Waals surface area contributed by atoms with Crippen molar-refractivity contribution in [2.24, 2.45) is 0 Å². The van der Waals surface area contributed by atoms with Crippen LogP contribution >= 0.6 is 50.1 Å². The van der Waals surface area contributed by atoms with Gasteiger partial charge in [-0.05, 0) is 68.3 Å². The van der Waals surface area contributed by atoms with Crippen molar-refractivity contribution in [1.82, 2.24) is 0 Å². The smallest absolute Gasteiger partial charge is 0.141 e. The van der Waals surface area contributed by atoms with Crippen LogP contribution in [-0.2, 0) is 0 Å². The van der Waals surface area contributed by atoms with E-state index in [4.69, 9.17) is 21.1 Å². The van der Waals surface area contributed by atoms with Gasteiger partial charge in [-0.1, -0.05) is 6.07 Å². The van der Waals surface area contributed by atoms with Gasteiger partial charge in [0.15, 0.2) is 0 Å². The SMILES string of the molecule is COc1ccc(C(Cl)c2ccc(F)cc2I)c(OC)c1Br. The zero-order valence-electron chi connectivity index (χ0n) is 11.3. The maximum atomic E-state index is 13.2. The number of halogens is 4. The van der Waals surface area contributed by atoms with E-state index < -0.39 is 5.38 Å². The first-order valence-electron chi connectivity index (χ1n) is 5.99. The number of hydrogen-bond donors (Lipinski definition) is 0. The molecule has 0 N–H and O–H groups in total. The molecule has 0 saturated heterocycles. The molecule has 2 aromatic rings. The molecule has 0 aliphatic rings. The highest BCUT2D eigenvalue weighted by Gasteiger charge is 2.22. The Morgan fingerprint density at radius 1 is 1.14 bits per heavy atom. The van der Waals surface area contributed by atoms with E-state index in [-0.39, 0.29) is 5.82 Å². The van der Waals surface area contributed by atoms with Gasteiger partial charge in [-0.2, -0.15) is 0 Å². The number of ether oxygens (including phenoxy) is 2. The van der Waals surface area contributed by atoms with Gasteiger partial charge in [-0.15, -0.1) is 11.6 Å². The summed E-state index contributed by atoms with van der Waals surface area (Å²) in [5.74, 6) is 0.984. The van der Waals surface area contributed by atoms with Gasteiger partial charge in [0.2, 0.25) is 0 Å². The standard InChI is InChI=1S/C15H12BrClFIO2/c1-20-12-6-5-10(15(21-2)13(12)16)14(17)9-4-3-8(18)7-11(9)19/h3-7,14H,1-2H3. The zero-order valence-corrected chi connectivity index (χ0v) is 15.8. The van der Waals surface area contributed by atoms with Crippen molar-refractivity contribution in [3.63, 3.8) is 0 Å². The summed E-state index contributed by atoms with van der Waals surface area (Å²) in [5, 5.41) is -0.449. The maximum absolute atomic E-state index is 13.2. The molecule has 1 unspecified atom stereocenters. The molecule has 0 fully saturated rings. The molecule has 21 heavy (non-hydrogen) atoms. The van der Waals surface area contributed by atoms with Crippen molar-refractivity contribution in [3.05, 3.63) is 55.3 Å². The number of benzene rings is 2. The van der Waals surface area contributed by atoms with Crippen molar-refractivity contribution >= 4 is 50.1 Å². The van der Waals surface area contributed by atoms with E-state index in [0.717, 1.165) is 14.7 Å². The Morgan fingerprint density at radius 3 is 2.38 bits per heavy atom. The Balaban J connectivity index is 2.52. The average molecular weight is 486 g/mol. The second-order valence-electron chi connectivity index (χ2n) is 4.23. The maximum Gasteiger partial charge on any atom is 0.141 e. The molecule has 2 nitrogen and oxygen atoms in total. The fourth-order valence-electron chi connectivity index (χ4n) is 1.99. The van der Waals surface area contributed by atoms with Crippen molar-refractivity contribution < 1.29 is 13.9 Å². The summed E-state index contributed by atoms with van der Waals surface area (Å²) in [6, 6.07) is 8.20. The largest absolute Gasteiger partial charge is 0.495 e. The van der Waals surface area contributed by atoms with Crippen LogP contribution in [0.25, 0.3) is 0 Å². The van der Waals surface area contributed by atoms with Gasteiger partial charge in [0, 0.05) is 9.13 Å². The Morgan fingerprint density at radius 2 is 1.81 bits per heavy atom. The van der Waals surface area contributed by atoms with Crippen LogP contribution in [0.1, 0.15) is 16.5 Å². The Hall–Kier alpha value is -0.530. The second-order valence-corrected chi connectivity index (χ2v) is 6.62. The normalized spacial score (nSPS) is 12.1. The number of rotatable bonds is 4. The molecule has 0 amide bonds. The lowest BCUT2D eigenvalue weighted by Gasteiger charge is -2.18. The summed E-state index contributed by atoms with van der Waals surface area (Å²) in [6.07, 6.45) is 0. The molecular weight excluding hydrogens is 473 g/mol. The Kier molecular flexibility index (Phi) is 5.73. The van der Waals surface area contributed by atoms with E-state index in [1.54, 1.807) is 20.3 Å². The third-order valence-corrected chi connectivity index (χ3v) is 5.18. The van der Waals surface area contributed by atoms with Crippen molar-refractivity contribution in [1.29, 1.82) is 0 Å². The van der Waals surface area contributed by atoms with Crippen LogP contribution in [-0.4, -0.2) is 14.2 Å². The van der Waals surface area contributed by atoms with Gasteiger partial charge in [-0.25, -0.2) is 4.39 Å². The molecule has 112 valence electrons. The van der Waals surface area contributed by atoms with Crippen LogP contribution in [0, 0.1) is 9.39 Å². The summed E-state index contributed by atoms with van der Waals surface area (Å²) >= 11 is 12.1. The fraction of sp³-hybridized carbons (Fsp3) is 0.200. The fourth-order valence-corrected chi connectivity index (χ4v) is 4.01. The number of alkyl halides is 1. The lowest BCUT2D eigenvalue weighted by Crippen LogP contribution is -2.01. The van der Waals surface area contributed by atoms with E-state index in [1.807, 2.05) is 12.1 Å². The van der Waals surface area contributed by atoms with E-state index in [2.05, 4.69) is 38.5 Å². The zero-order chi connectivity index (χ0) is 15.6. The van der Waals surface area contributed by atoms with Gasteiger partial charge < -0.3 is 9.47 Å². The summed E-state index contributed by atoms with van der Waals surface area (Å²) in [4.78, 5) is 0. The monoisotopic (exact) mass is 484 g/mol. The number of methoxy groups -OCH3 is 2. The number of hydrogen-bond acceptors (Lipinski definition) is 2. The highest BCUT2D eigenvalue weighted by atomic mass is 127.